The molecule has 1 aromatic heterocycles. The first-order chi connectivity index (χ1) is 10.2. The molecule has 112 valence electrons. The van der Waals surface area contributed by atoms with Crippen molar-refractivity contribution in [1.29, 1.82) is 0 Å². The maximum Gasteiger partial charge on any atom is 0.160 e. The number of halogens is 1. The van der Waals surface area contributed by atoms with Gasteiger partial charge in [0.25, 0.3) is 0 Å². The first kappa shape index (κ1) is 15.3. The molecule has 1 heterocycles. The largest absolute Gasteiger partial charge is 0.493 e. The molecule has 0 amide bonds. The monoisotopic (exact) mass is 290 g/mol. The Morgan fingerprint density at radius 3 is 2.57 bits per heavy atom. The smallest absolute Gasteiger partial charge is 0.160 e. The lowest BCUT2D eigenvalue weighted by Gasteiger charge is -2.18. The van der Waals surface area contributed by atoms with Crippen LogP contribution in [0.1, 0.15) is 17.2 Å². The summed E-state index contributed by atoms with van der Waals surface area (Å²) in [6, 6.07) is 7.26. The summed E-state index contributed by atoms with van der Waals surface area (Å²) < 4.78 is 24.4. The SMILES string of the molecule is CNC(Cc1ccc(OC)c(OC)c1)c1ccncc1F. The third-order valence-corrected chi connectivity index (χ3v) is 3.42. The molecule has 1 atom stereocenters. The summed E-state index contributed by atoms with van der Waals surface area (Å²) in [7, 11) is 5.01. The maximum absolute atomic E-state index is 13.8. The van der Waals surface area contributed by atoms with E-state index < -0.39 is 0 Å². The number of aromatic nitrogens is 1. The summed E-state index contributed by atoms with van der Waals surface area (Å²) in [5.41, 5.74) is 1.63. The highest BCUT2D eigenvalue weighted by atomic mass is 19.1. The fourth-order valence-electron chi connectivity index (χ4n) is 2.28. The van der Waals surface area contributed by atoms with Crippen LogP contribution in [-0.4, -0.2) is 26.3 Å². The Morgan fingerprint density at radius 2 is 1.95 bits per heavy atom. The molecule has 0 saturated carbocycles. The molecular weight excluding hydrogens is 271 g/mol. The van der Waals surface area contributed by atoms with Crippen LogP contribution >= 0.6 is 0 Å². The number of pyridine rings is 1. The van der Waals surface area contributed by atoms with Gasteiger partial charge in [-0.25, -0.2) is 4.39 Å². The Bertz CT molecular complexity index is 605. The minimum Gasteiger partial charge on any atom is -0.493 e. The van der Waals surface area contributed by atoms with Crippen LogP contribution in [-0.2, 0) is 6.42 Å². The second kappa shape index (κ2) is 7.04. The van der Waals surface area contributed by atoms with Gasteiger partial charge in [0, 0.05) is 17.8 Å². The molecule has 1 unspecified atom stereocenters. The molecule has 0 spiro atoms. The van der Waals surface area contributed by atoms with Crippen LogP contribution in [0.3, 0.4) is 0 Å². The fourth-order valence-corrected chi connectivity index (χ4v) is 2.28. The number of rotatable bonds is 6. The molecular formula is C16H19FN2O2. The highest BCUT2D eigenvalue weighted by Crippen LogP contribution is 2.29. The highest BCUT2D eigenvalue weighted by molar-refractivity contribution is 5.43. The van der Waals surface area contributed by atoms with E-state index in [1.807, 2.05) is 25.2 Å². The Kier molecular flexibility index (Phi) is 5.11. The van der Waals surface area contributed by atoms with Gasteiger partial charge >= 0.3 is 0 Å². The topological polar surface area (TPSA) is 43.4 Å². The Labute approximate surface area is 123 Å². The van der Waals surface area contributed by atoms with Crippen molar-refractivity contribution in [3.05, 3.63) is 53.6 Å². The molecule has 0 bridgehead atoms. The molecule has 2 rings (SSSR count). The minimum atomic E-state index is -0.308. The summed E-state index contributed by atoms with van der Waals surface area (Å²) >= 11 is 0. The highest BCUT2D eigenvalue weighted by Gasteiger charge is 2.15. The number of benzene rings is 1. The number of hydrogen-bond donors (Lipinski definition) is 1. The molecule has 0 aliphatic carbocycles. The zero-order valence-electron chi connectivity index (χ0n) is 12.4. The van der Waals surface area contributed by atoms with E-state index in [2.05, 4.69) is 10.3 Å². The van der Waals surface area contributed by atoms with E-state index >= 15 is 0 Å². The molecule has 5 heteroatoms. The zero-order valence-corrected chi connectivity index (χ0v) is 12.4. The summed E-state index contributed by atoms with van der Waals surface area (Å²) in [5, 5.41) is 3.13. The van der Waals surface area contributed by atoms with E-state index in [1.165, 1.54) is 6.20 Å². The summed E-state index contributed by atoms with van der Waals surface area (Å²) in [5.74, 6) is 1.04. The van der Waals surface area contributed by atoms with Gasteiger partial charge < -0.3 is 14.8 Å². The van der Waals surface area contributed by atoms with Crippen LogP contribution in [0.25, 0.3) is 0 Å². The van der Waals surface area contributed by atoms with Gasteiger partial charge in [0.05, 0.1) is 20.4 Å². The van der Waals surface area contributed by atoms with Crippen molar-refractivity contribution >= 4 is 0 Å². The minimum absolute atomic E-state index is 0.133. The number of nitrogens with zero attached hydrogens (tertiary/aromatic N) is 1. The standard InChI is InChI=1S/C16H19FN2O2/c1-18-14(12-6-7-19-10-13(12)17)8-11-4-5-15(20-2)16(9-11)21-3/h4-7,9-10,14,18H,8H2,1-3H3. The van der Waals surface area contributed by atoms with E-state index in [0.717, 1.165) is 5.56 Å². The van der Waals surface area contributed by atoms with Crippen molar-refractivity contribution in [3.8, 4) is 11.5 Å². The van der Waals surface area contributed by atoms with Crippen molar-refractivity contribution in [2.45, 2.75) is 12.5 Å². The summed E-state index contributed by atoms with van der Waals surface area (Å²) in [6.07, 6.45) is 3.46. The Hall–Kier alpha value is -2.14. The molecule has 0 saturated heterocycles. The second-order valence-corrected chi connectivity index (χ2v) is 4.63. The molecule has 1 aromatic carbocycles. The van der Waals surface area contributed by atoms with Crippen molar-refractivity contribution in [2.24, 2.45) is 0 Å². The van der Waals surface area contributed by atoms with Gasteiger partial charge in [-0.05, 0) is 37.2 Å². The second-order valence-electron chi connectivity index (χ2n) is 4.63. The van der Waals surface area contributed by atoms with Crippen molar-refractivity contribution in [3.63, 3.8) is 0 Å². The van der Waals surface area contributed by atoms with E-state index in [4.69, 9.17) is 9.47 Å². The lowest BCUT2D eigenvalue weighted by atomic mass is 9.99. The van der Waals surface area contributed by atoms with Crippen LogP contribution in [0, 0.1) is 5.82 Å². The number of ether oxygens (including phenoxy) is 2. The molecule has 21 heavy (non-hydrogen) atoms. The van der Waals surface area contributed by atoms with E-state index in [0.29, 0.717) is 23.5 Å². The van der Waals surface area contributed by atoms with Crippen LogP contribution in [0.15, 0.2) is 36.7 Å². The van der Waals surface area contributed by atoms with Crippen LogP contribution < -0.4 is 14.8 Å². The predicted octanol–water partition coefficient (Wildman–Crippen LogP) is 2.74. The van der Waals surface area contributed by atoms with Gasteiger partial charge in [-0.2, -0.15) is 0 Å². The molecule has 4 nitrogen and oxygen atoms in total. The van der Waals surface area contributed by atoms with Gasteiger partial charge in [0.15, 0.2) is 11.5 Å². The zero-order chi connectivity index (χ0) is 15.2. The fraction of sp³-hybridized carbons (Fsp3) is 0.312. The van der Waals surface area contributed by atoms with Gasteiger partial charge in [-0.1, -0.05) is 6.07 Å². The van der Waals surface area contributed by atoms with Crippen molar-refractivity contribution < 1.29 is 13.9 Å². The van der Waals surface area contributed by atoms with Crippen LogP contribution in [0.2, 0.25) is 0 Å². The van der Waals surface area contributed by atoms with Gasteiger partial charge in [0.1, 0.15) is 5.82 Å². The average Bonchev–Trinajstić information content (AvgIpc) is 2.53. The maximum atomic E-state index is 13.8. The van der Waals surface area contributed by atoms with E-state index in [1.54, 1.807) is 26.5 Å². The van der Waals surface area contributed by atoms with Gasteiger partial charge in [-0.3, -0.25) is 4.98 Å². The van der Waals surface area contributed by atoms with Crippen LogP contribution in [0.5, 0.6) is 11.5 Å². The van der Waals surface area contributed by atoms with Gasteiger partial charge in [0.2, 0.25) is 0 Å². The Morgan fingerprint density at radius 1 is 1.19 bits per heavy atom. The van der Waals surface area contributed by atoms with E-state index in [9.17, 15) is 4.39 Å². The summed E-state index contributed by atoms with van der Waals surface area (Å²) in [4.78, 5) is 3.78. The molecule has 0 aliphatic heterocycles. The van der Waals surface area contributed by atoms with Crippen LogP contribution in [0.4, 0.5) is 4.39 Å². The lowest BCUT2D eigenvalue weighted by Crippen LogP contribution is -2.20. The van der Waals surface area contributed by atoms with Gasteiger partial charge in [-0.15, -0.1) is 0 Å². The molecule has 0 radical (unpaired) electrons. The number of methoxy groups -OCH3 is 2. The number of hydrogen-bond acceptors (Lipinski definition) is 4. The Balaban J connectivity index is 2.25. The number of likely N-dealkylation sites (N-methyl/N-ethyl adjacent to an activating group) is 1. The van der Waals surface area contributed by atoms with Crippen molar-refractivity contribution in [2.75, 3.05) is 21.3 Å². The summed E-state index contributed by atoms with van der Waals surface area (Å²) in [6.45, 7) is 0. The predicted molar refractivity (Wildman–Crippen MR) is 79.2 cm³/mol. The molecule has 1 N–H and O–H groups in total. The quantitative estimate of drug-likeness (QED) is 0.888. The normalized spacial score (nSPS) is 12.0. The first-order valence-corrected chi connectivity index (χ1v) is 6.67. The molecule has 0 aliphatic rings. The molecule has 0 fully saturated rings. The van der Waals surface area contributed by atoms with Crippen molar-refractivity contribution in [1.82, 2.24) is 10.3 Å². The lowest BCUT2D eigenvalue weighted by molar-refractivity contribution is 0.354. The van der Waals surface area contributed by atoms with E-state index in [-0.39, 0.29) is 11.9 Å². The molecule has 2 aromatic rings. The average molecular weight is 290 g/mol. The third-order valence-electron chi connectivity index (χ3n) is 3.42. The first-order valence-electron chi connectivity index (χ1n) is 6.67. The number of nitrogens with one attached hydrogen (secondary N) is 1. The third kappa shape index (κ3) is 3.49.